The van der Waals surface area contributed by atoms with E-state index in [4.69, 9.17) is 14.2 Å². The topological polar surface area (TPSA) is 112 Å². The Hall–Kier alpha value is -4.24. The number of rotatable bonds is 9. The number of halogens is 4. The highest BCUT2D eigenvalue weighted by Crippen LogP contribution is 2.54. The molecule has 43 heavy (non-hydrogen) atoms. The third-order valence-corrected chi connectivity index (χ3v) is 8.90. The Morgan fingerprint density at radius 3 is 2.70 bits per heavy atom. The van der Waals surface area contributed by atoms with Gasteiger partial charge in [0.1, 0.15) is 36.5 Å². The van der Waals surface area contributed by atoms with Crippen LogP contribution in [-0.4, -0.2) is 52.4 Å². The van der Waals surface area contributed by atoms with Crippen molar-refractivity contribution in [1.82, 2.24) is 24.8 Å². The summed E-state index contributed by atoms with van der Waals surface area (Å²) in [5, 5.41) is 5.03. The van der Waals surface area contributed by atoms with E-state index in [-0.39, 0.29) is 23.6 Å². The fraction of sp³-hybridized carbons (Fsp3) is 0.357. The average Bonchev–Trinajstić information content (AvgIpc) is 3.24. The minimum Gasteiger partial charge on any atom is -0.487 e. The molecule has 0 bridgehead atoms. The normalized spacial score (nSPS) is 19.0. The van der Waals surface area contributed by atoms with Gasteiger partial charge in [-0.25, -0.2) is 19.2 Å². The van der Waals surface area contributed by atoms with Crippen LogP contribution < -0.4 is 20.1 Å². The highest BCUT2D eigenvalue weighted by molar-refractivity contribution is 6.76. The van der Waals surface area contributed by atoms with Gasteiger partial charge < -0.3 is 24.8 Å². The predicted octanol–water partition coefficient (Wildman–Crippen LogP) is 6.14. The maximum Gasteiger partial charge on any atom is 0.419 e. The highest BCUT2D eigenvalue weighted by atomic mass is 28.3. The molecule has 1 saturated carbocycles. The van der Waals surface area contributed by atoms with Crippen LogP contribution in [0.4, 0.5) is 28.0 Å². The van der Waals surface area contributed by atoms with Gasteiger partial charge in [-0.2, -0.15) is 18.2 Å². The SMILES string of the molecule is C[Si](C)(C)CCOCn1cnc2c(Oc3ccc4c(c3)[C@H]3[C@H](NC(=O)Nc5ccc(F)c(C(F)(F)F)c5)[C@H]3O4)ncnc21. The fourth-order valence-corrected chi connectivity index (χ4v) is 5.65. The lowest BCUT2D eigenvalue weighted by atomic mass is 10.1. The quantitative estimate of drug-likeness (QED) is 0.132. The molecular formula is C28H28F4N6O4Si. The van der Waals surface area contributed by atoms with Crippen molar-refractivity contribution in [3.05, 3.63) is 66.0 Å². The average molecular weight is 617 g/mol. The zero-order chi connectivity index (χ0) is 30.5. The molecule has 1 aliphatic heterocycles. The fourth-order valence-electron chi connectivity index (χ4n) is 4.90. The van der Waals surface area contributed by atoms with Crippen molar-refractivity contribution in [3.63, 3.8) is 0 Å². The molecule has 6 rings (SSSR count). The van der Waals surface area contributed by atoms with Gasteiger partial charge in [-0.05, 0) is 42.4 Å². The Kier molecular flexibility index (Phi) is 7.24. The molecule has 0 unspecified atom stereocenters. The van der Waals surface area contributed by atoms with Gasteiger partial charge in [0.05, 0.1) is 23.9 Å². The molecule has 2 aromatic carbocycles. The number of carbonyl (C=O) groups is 1. The third kappa shape index (κ3) is 6.13. The van der Waals surface area contributed by atoms with Gasteiger partial charge in [-0.3, -0.25) is 4.57 Å². The van der Waals surface area contributed by atoms with Crippen molar-refractivity contribution >= 4 is 31.0 Å². The number of urea groups is 1. The van der Waals surface area contributed by atoms with Crippen molar-refractivity contribution in [2.75, 3.05) is 11.9 Å². The second kappa shape index (κ2) is 10.8. The van der Waals surface area contributed by atoms with Crippen LogP contribution >= 0.6 is 0 Å². The van der Waals surface area contributed by atoms with Gasteiger partial charge in [0.15, 0.2) is 11.2 Å². The summed E-state index contributed by atoms with van der Waals surface area (Å²) in [7, 11) is -1.21. The molecule has 0 spiro atoms. The Morgan fingerprint density at radius 1 is 1.12 bits per heavy atom. The van der Waals surface area contributed by atoms with Gasteiger partial charge in [0.2, 0.25) is 0 Å². The molecule has 0 radical (unpaired) electrons. The first-order valence-corrected chi connectivity index (χ1v) is 17.2. The minimum atomic E-state index is -4.89. The number of amides is 2. The van der Waals surface area contributed by atoms with Crippen molar-refractivity contribution in [2.45, 2.75) is 56.7 Å². The second-order valence-electron chi connectivity index (χ2n) is 11.6. The molecule has 1 aliphatic carbocycles. The number of nitrogens with zero attached hydrogens (tertiary/aromatic N) is 4. The standard InChI is InChI=1S/C28H28F4N6O4Si/c1-43(2,3)9-8-40-14-38-13-35-23-25(38)33-12-34-26(23)41-16-5-7-20-17(11-16)21-22(24(21)42-20)37-27(39)36-15-4-6-19(29)18(10-15)28(30,31)32/h4-7,10-13,21-22,24H,8-9,14H2,1-3H3,(H2,36,37,39)/t21-,22-,24-/m0/s1. The van der Waals surface area contributed by atoms with Gasteiger partial charge >= 0.3 is 12.2 Å². The predicted molar refractivity (Wildman–Crippen MR) is 150 cm³/mol. The first kappa shape index (κ1) is 28.9. The van der Waals surface area contributed by atoms with E-state index in [1.807, 2.05) is 0 Å². The van der Waals surface area contributed by atoms with E-state index in [0.29, 0.717) is 48.1 Å². The molecule has 10 nitrogen and oxygen atoms in total. The Labute approximate surface area is 244 Å². The highest BCUT2D eigenvalue weighted by Gasteiger charge is 2.59. The van der Waals surface area contributed by atoms with E-state index < -0.39 is 37.7 Å². The molecule has 3 atom stereocenters. The number of alkyl halides is 3. The summed E-state index contributed by atoms with van der Waals surface area (Å²) >= 11 is 0. The number of aromatic nitrogens is 4. The zero-order valence-electron chi connectivity index (χ0n) is 23.4. The molecule has 1 fully saturated rings. The van der Waals surface area contributed by atoms with Gasteiger partial charge in [0.25, 0.3) is 5.88 Å². The van der Waals surface area contributed by atoms with Crippen LogP contribution in [0, 0.1) is 5.82 Å². The van der Waals surface area contributed by atoms with Gasteiger partial charge in [-0.15, -0.1) is 0 Å². The smallest absolute Gasteiger partial charge is 0.419 e. The Bertz CT molecular complexity index is 1690. The van der Waals surface area contributed by atoms with Crippen LogP contribution in [-0.2, 0) is 17.6 Å². The van der Waals surface area contributed by atoms with Crippen LogP contribution in [0.15, 0.2) is 49.1 Å². The van der Waals surface area contributed by atoms with Crippen molar-refractivity contribution in [2.24, 2.45) is 0 Å². The number of carbonyl (C=O) groups excluding carboxylic acids is 1. The molecule has 2 aromatic heterocycles. The number of nitrogens with one attached hydrogen (secondary N) is 2. The Morgan fingerprint density at radius 2 is 1.93 bits per heavy atom. The van der Waals surface area contributed by atoms with E-state index in [1.54, 1.807) is 29.1 Å². The van der Waals surface area contributed by atoms with E-state index in [2.05, 4.69) is 45.2 Å². The maximum absolute atomic E-state index is 13.6. The molecule has 2 N–H and O–H groups in total. The first-order valence-electron chi connectivity index (χ1n) is 13.5. The van der Waals surface area contributed by atoms with Crippen LogP contribution in [0.2, 0.25) is 25.7 Å². The van der Waals surface area contributed by atoms with Crippen LogP contribution in [0.5, 0.6) is 17.4 Å². The van der Waals surface area contributed by atoms with Crippen LogP contribution in [0.1, 0.15) is 17.0 Å². The summed E-state index contributed by atoms with van der Waals surface area (Å²) in [4.78, 5) is 25.5. The number of hydrogen-bond acceptors (Lipinski definition) is 7. The molecule has 2 amide bonds. The number of benzene rings is 2. The number of hydrogen-bond donors (Lipinski definition) is 2. The number of fused-ring (bicyclic) bond motifs is 4. The van der Waals surface area contributed by atoms with Gasteiger partial charge in [0, 0.05) is 25.9 Å². The van der Waals surface area contributed by atoms with E-state index >= 15 is 0 Å². The van der Waals surface area contributed by atoms with Crippen molar-refractivity contribution in [1.29, 1.82) is 0 Å². The van der Waals surface area contributed by atoms with Gasteiger partial charge in [-0.1, -0.05) is 19.6 Å². The van der Waals surface area contributed by atoms with Crippen LogP contribution in [0.3, 0.4) is 0 Å². The lowest BCUT2D eigenvalue weighted by Crippen LogP contribution is -2.34. The van der Waals surface area contributed by atoms with Crippen LogP contribution in [0.25, 0.3) is 11.2 Å². The lowest BCUT2D eigenvalue weighted by Gasteiger charge is -2.15. The Balaban J connectivity index is 1.10. The minimum absolute atomic E-state index is 0.179. The van der Waals surface area contributed by atoms with E-state index in [9.17, 15) is 22.4 Å². The molecule has 4 aromatic rings. The van der Waals surface area contributed by atoms with E-state index in [1.165, 1.54) is 6.33 Å². The zero-order valence-corrected chi connectivity index (χ0v) is 24.4. The van der Waals surface area contributed by atoms with Crippen molar-refractivity contribution < 1.29 is 36.6 Å². The summed E-state index contributed by atoms with van der Waals surface area (Å²) in [5.41, 5.74) is 0.204. The molecule has 0 saturated heterocycles. The number of ether oxygens (including phenoxy) is 3. The first-order chi connectivity index (χ1) is 20.4. The summed E-state index contributed by atoms with van der Waals surface area (Å²) in [6.07, 6.45) is -2.20. The summed E-state index contributed by atoms with van der Waals surface area (Å²) in [6, 6.07) is 7.45. The number of imidazole rings is 1. The third-order valence-electron chi connectivity index (χ3n) is 7.19. The summed E-state index contributed by atoms with van der Waals surface area (Å²) in [6.45, 7) is 7.83. The lowest BCUT2D eigenvalue weighted by molar-refractivity contribution is -0.139. The number of anilines is 1. The monoisotopic (exact) mass is 616 g/mol. The van der Waals surface area contributed by atoms with E-state index in [0.717, 1.165) is 17.7 Å². The maximum atomic E-state index is 13.6. The second-order valence-corrected chi connectivity index (χ2v) is 17.3. The largest absolute Gasteiger partial charge is 0.487 e. The molecule has 3 heterocycles. The molecule has 15 heteroatoms. The summed E-state index contributed by atoms with van der Waals surface area (Å²) in [5.74, 6) is -0.215. The molecule has 2 aliphatic rings. The molecule has 226 valence electrons. The molecular weight excluding hydrogens is 588 g/mol. The van der Waals surface area contributed by atoms with Crippen molar-refractivity contribution in [3.8, 4) is 17.4 Å². The summed E-state index contributed by atoms with van der Waals surface area (Å²) < 4.78 is 72.2.